The van der Waals surface area contributed by atoms with Gasteiger partial charge in [-0.05, 0) is 30.2 Å². The summed E-state index contributed by atoms with van der Waals surface area (Å²) >= 11 is 3.40. The number of hydrogen-bond donors (Lipinski definition) is 1. The highest BCUT2D eigenvalue weighted by molar-refractivity contribution is 7.99. The van der Waals surface area contributed by atoms with Crippen molar-refractivity contribution in [2.75, 3.05) is 11.5 Å². The Morgan fingerprint density at radius 3 is 2.94 bits per heavy atom. The summed E-state index contributed by atoms with van der Waals surface area (Å²) in [5.41, 5.74) is 5.95. The molecule has 0 spiro atoms. The normalized spacial score (nSPS) is 17.3. The second kappa shape index (κ2) is 5.45. The van der Waals surface area contributed by atoms with Gasteiger partial charge in [-0.25, -0.2) is 9.97 Å². The van der Waals surface area contributed by atoms with E-state index in [4.69, 9.17) is 5.73 Å². The maximum absolute atomic E-state index is 5.95. The van der Waals surface area contributed by atoms with Gasteiger partial charge in [0.1, 0.15) is 10.6 Å². The minimum Gasteiger partial charge on any atom is -0.383 e. The lowest BCUT2D eigenvalue weighted by atomic mass is 9.91. The van der Waals surface area contributed by atoms with Gasteiger partial charge in [0.05, 0.1) is 5.39 Å². The van der Waals surface area contributed by atoms with Crippen molar-refractivity contribution in [3.8, 4) is 0 Å². The number of nitrogens with two attached hydrogens (primary N) is 1. The van der Waals surface area contributed by atoms with E-state index in [0.717, 1.165) is 27.0 Å². The summed E-state index contributed by atoms with van der Waals surface area (Å²) in [4.78, 5) is 9.97. The van der Waals surface area contributed by atoms with Crippen LogP contribution in [-0.2, 0) is 0 Å². The number of nitrogen functional groups attached to an aromatic ring is 1. The molecule has 2 heterocycles. The van der Waals surface area contributed by atoms with E-state index in [9.17, 15) is 0 Å². The van der Waals surface area contributed by atoms with Gasteiger partial charge >= 0.3 is 0 Å². The van der Waals surface area contributed by atoms with Crippen LogP contribution in [0.4, 0.5) is 5.82 Å². The molecule has 2 aromatic rings. The third-order valence-corrected chi connectivity index (χ3v) is 5.39. The summed E-state index contributed by atoms with van der Waals surface area (Å²) in [5.74, 6) is 2.59. The number of fused-ring (bicyclic) bond motifs is 1. The molecule has 0 radical (unpaired) electrons. The van der Waals surface area contributed by atoms with Gasteiger partial charge < -0.3 is 5.73 Å². The molecule has 0 aromatic carbocycles. The molecule has 1 fully saturated rings. The van der Waals surface area contributed by atoms with Crippen molar-refractivity contribution in [3.63, 3.8) is 0 Å². The summed E-state index contributed by atoms with van der Waals surface area (Å²) in [7, 11) is 0. The molecule has 0 atom stereocenters. The molecule has 3 nitrogen and oxygen atoms in total. The molecular formula is C13H17N3S2. The monoisotopic (exact) mass is 279 g/mol. The molecule has 0 aliphatic heterocycles. The molecule has 0 bridgehead atoms. The summed E-state index contributed by atoms with van der Waals surface area (Å²) in [5, 5.41) is 3.85. The fourth-order valence-electron chi connectivity index (χ4n) is 2.47. The fraction of sp³-hybridized carbons (Fsp3) is 0.538. The molecule has 18 heavy (non-hydrogen) atoms. The molecule has 1 aliphatic rings. The highest BCUT2D eigenvalue weighted by atomic mass is 32.2. The lowest BCUT2D eigenvalue weighted by molar-refractivity contribution is 0.391. The maximum atomic E-state index is 5.95. The highest BCUT2D eigenvalue weighted by Crippen LogP contribution is 2.31. The lowest BCUT2D eigenvalue weighted by Gasteiger charge is -2.20. The van der Waals surface area contributed by atoms with Crippen LogP contribution in [0.1, 0.15) is 32.1 Å². The standard InChI is InChI=1S/C13H17N3S2/c14-11-10-6-7-17-12(10)16-13(15-11)18-8-9-4-2-1-3-5-9/h6-7,9H,1-5,8H2,(H2,14,15,16). The zero-order valence-electron chi connectivity index (χ0n) is 10.3. The van der Waals surface area contributed by atoms with Crippen molar-refractivity contribution >= 4 is 39.1 Å². The van der Waals surface area contributed by atoms with Crippen molar-refractivity contribution in [1.82, 2.24) is 9.97 Å². The van der Waals surface area contributed by atoms with Crippen LogP contribution in [0, 0.1) is 5.92 Å². The van der Waals surface area contributed by atoms with E-state index >= 15 is 0 Å². The van der Waals surface area contributed by atoms with Crippen LogP contribution >= 0.6 is 23.1 Å². The Morgan fingerprint density at radius 1 is 1.28 bits per heavy atom. The summed E-state index contributed by atoms with van der Waals surface area (Å²) in [6.07, 6.45) is 6.91. The lowest BCUT2D eigenvalue weighted by Crippen LogP contribution is -2.09. The van der Waals surface area contributed by atoms with Crippen LogP contribution in [0.5, 0.6) is 0 Å². The van der Waals surface area contributed by atoms with Gasteiger partial charge in [0, 0.05) is 5.75 Å². The second-order valence-corrected chi connectivity index (χ2v) is 6.73. The molecule has 0 unspecified atom stereocenters. The van der Waals surface area contributed by atoms with Crippen molar-refractivity contribution in [2.24, 2.45) is 5.92 Å². The van der Waals surface area contributed by atoms with Gasteiger partial charge in [-0.15, -0.1) is 11.3 Å². The predicted molar refractivity (Wildman–Crippen MR) is 79.1 cm³/mol. The first-order valence-electron chi connectivity index (χ1n) is 6.46. The van der Waals surface area contributed by atoms with Crippen LogP contribution in [0.15, 0.2) is 16.6 Å². The Labute approximate surface area is 115 Å². The van der Waals surface area contributed by atoms with E-state index in [1.165, 1.54) is 32.1 Å². The second-order valence-electron chi connectivity index (χ2n) is 4.85. The van der Waals surface area contributed by atoms with E-state index in [2.05, 4.69) is 9.97 Å². The smallest absolute Gasteiger partial charge is 0.190 e. The van der Waals surface area contributed by atoms with Gasteiger partial charge in [-0.3, -0.25) is 0 Å². The first-order chi connectivity index (χ1) is 8.83. The molecule has 0 amide bonds. The maximum Gasteiger partial charge on any atom is 0.190 e. The van der Waals surface area contributed by atoms with Gasteiger partial charge in [0.2, 0.25) is 0 Å². The minimum atomic E-state index is 0.618. The zero-order chi connectivity index (χ0) is 12.4. The van der Waals surface area contributed by atoms with Crippen LogP contribution in [0.25, 0.3) is 10.2 Å². The fourth-order valence-corrected chi connectivity index (χ4v) is 4.34. The van der Waals surface area contributed by atoms with Crippen molar-refractivity contribution in [2.45, 2.75) is 37.3 Å². The number of thiophene rings is 1. The van der Waals surface area contributed by atoms with Crippen LogP contribution < -0.4 is 5.73 Å². The van der Waals surface area contributed by atoms with Crippen LogP contribution in [-0.4, -0.2) is 15.7 Å². The van der Waals surface area contributed by atoms with Crippen LogP contribution in [0.3, 0.4) is 0 Å². The quantitative estimate of drug-likeness (QED) is 0.683. The van der Waals surface area contributed by atoms with E-state index < -0.39 is 0 Å². The van der Waals surface area contributed by atoms with E-state index in [1.54, 1.807) is 23.1 Å². The molecule has 2 N–H and O–H groups in total. The number of aromatic nitrogens is 2. The third-order valence-electron chi connectivity index (χ3n) is 3.51. The molecule has 5 heteroatoms. The minimum absolute atomic E-state index is 0.618. The molecule has 1 saturated carbocycles. The molecule has 96 valence electrons. The number of rotatable bonds is 3. The van der Waals surface area contributed by atoms with E-state index in [-0.39, 0.29) is 0 Å². The van der Waals surface area contributed by atoms with E-state index in [1.807, 2.05) is 11.4 Å². The van der Waals surface area contributed by atoms with Crippen molar-refractivity contribution in [1.29, 1.82) is 0 Å². The number of nitrogens with zero attached hydrogens (tertiary/aromatic N) is 2. The Bertz CT molecular complexity index is 532. The topological polar surface area (TPSA) is 51.8 Å². The van der Waals surface area contributed by atoms with E-state index in [0.29, 0.717) is 5.82 Å². The molecule has 3 rings (SSSR count). The molecular weight excluding hydrogens is 262 g/mol. The third kappa shape index (κ3) is 2.62. The summed E-state index contributed by atoms with van der Waals surface area (Å²) in [6, 6.07) is 1.99. The Hall–Kier alpha value is -0.810. The molecule has 0 saturated heterocycles. The highest BCUT2D eigenvalue weighted by Gasteiger charge is 2.15. The number of hydrogen-bond acceptors (Lipinski definition) is 5. The van der Waals surface area contributed by atoms with Crippen molar-refractivity contribution in [3.05, 3.63) is 11.4 Å². The first-order valence-corrected chi connectivity index (χ1v) is 8.33. The predicted octanol–water partition coefficient (Wildman–Crippen LogP) is 3.95. The summed E-state index contributed by atoms with van der Waals surface area (Å²) < 4.78 is 0. The Morgan fingerprint density at radius 2 is 2.11 bits per heavy atom. The Balaban J connectivity index is 1.70. The van der Waals surface area contributed by atoms with Crippen LogP contribution in [0.2, 0.25) is 0 Å². The average molecular weight is 279 g/mol. The van der Waals surface area contributed by atoms with Gasteiger partial charge in [0.25, 0.3) is 0 Å². The van der Waals surface area contributed by atoms with Crippen molar-refractivity contribution < 1.29 is 0 Å². The number of thioether (sulfide) groups is 1. The van der Waals surface area contributed by atoms with Gasteiger partial charge in [-0.2, -0.15) is 0 Å². The van der Waals surface area contributed by atoms with Gasteiger partial charge in [0.15, 0.2) is 5.16 Å². The summed E-state index contributed by atoms with van der Waals surface area (Å²) in [6.45, 7) is 0. The van der Waals surface area contributed by atoms with Gasteiger partial charge in [-0.1, -0.05) is 31.0 Å². The zero-order valence-corrected chi connectivity index (χ0v) is 11.9. The first kappa shape index (κ1) is 12.2. The molecule has 1 aliphatic carbocycles. The largest absolute Gasteiger partial charge is 0.383 e. The SMILES string of the molecule is Nc1nc(SCC2CCCCC2)nc2sccc12. The molecule has 2 aromatic heterocycles. The number of anilines is 1. The Kier molecular flexibility index (Phi) is 3.70. The average Bonchev–Trinajstić information content (AvgIpc) is 2.86.